The van der Waals surface area contributed by atoms with Crippen molar-refractivity contribution in [2.45, 2.75) is 32.6 Å². The van der Waals surface area contributed by atoms with E-state index < -0.39 is 8.32 Å². The molecule has 0 radical (unpaired) electrons. The Hall–Kier alpha value is -1.39. The average molecular weight is 304 g/mol. The summed E-state index contributed by atoms with van der Waals surface area (Å²) in [4.78, 5) is 4.64. The van der Waals surface area contributed by atoms with Crippen molar-refractivity contribution in [1.29, 1.82) is 0 Å². The molecule has 2 aromatic rings. The lowest BCUT2D eigenvalue weighted by atomic mass is 10.1. The fourth-order valence-electron chi connectivity index (χ4n) is 1.88. The fraction of sp³-hybridized carbons (Fsp3) is 0.312. The third-order valence-corrected chi connectivity index (χ3v) is 4.31. The number of hydrogen-bond donors (Lipinski definition) is 0. The molecule has 0 saturated carbocycles. The smallest absolute Gasteiger partial charge is 0.242 e. The van der Waals surface area contributed by atoms with Gasteiger partial charge in [0.15, 0.2) is 0 Å². The molecule has 2 rings (SSSR count). The molecule has 0 fully saturated rings. The van der Waals surface area contributed by atoms with Crippen LogP contribution in [0.15, 0.2) is 46.1 Å². The van der Waals surface area contributed by atoms with Gasteiger partial charge in [-0.3, -0.25) is 4.99 Å². The Labute approximate surface area is 126 Å². The summed E-state index contributed by atoms with van der Waals surface area (Å²) in [6, 6.07) is 10.4. The van der Waals surface area contributed by atoms with Gasteiger partial charge in [0.1, 0.15) is 5.75 Å². The number of thiophene rings is 1. The van der Waals surface area contributed by atoms with E-state index in [0.717, 1.165) is 16.9 Å². The van der Waals surface area contributed by atoms with Crippen LogP contribution in [0.1, 0.15) is 24.1 Å². The summed E-state index contributed by atoms with van der Waals surface area (Å²) in [6.45, 7) is 8.70. The molecule has 2 nitrogen and oxygen atoms in total. The van der Waals surface area contributed by atoms with Crippen molar-refractivity contribution >= 4 is 25.9 Å². The Kier molecular flexibility index (Phi) is 4.78. The van der Waals surface area contributed by atoms with Gasteiger partial charge in [0.05, 0.1) is 6.04 Å². The standard InChI is InChI=1S/C16H21NOSSi/c1-13(17-11-14-9-10-19-12-14)15-7-5-6-8-16(15)18-20(2,3)4/h5-13H,1-4H3. The van der Waals surface area contributed by atoms with E-state index in [1.54, 1.807) is 11.3 Å². The van der Waals surface area contributed by atoms with Crippen molar-refractivity contribution in [2.24, 2.45) is 4.99 Å². The number of rotatable bonds is 5. The van der Waals surface area contributed by atoms with Crippen LogP contribution in [-0.2, 0) is 0 Å². The summed E-state index contributed by atoms with van der Waals surface area (Å²) < 4.78 is 6.16. The molecule has 1 aromatic carbocycles. The molecular weight excluding hydrogens is 282 g/mol. The minimum atomic E-state index is -1.60. The minimum Gasteiger partial charge on any atom is -0.544 e. The van der Waals surface area contributed by atoms with Crippen molar-refractivity contribution in [3.63, 3.8) is 0 Å². The second-order valence-corrected chi connectivity index (χ2v) is 11.0. The van der Waals surface area contributed by atoms with E-state index in [1.807, 2.05) is 24.4 Å². The molecule has 0 N–H and O–H groups in total. The molecule has 20 heavy (non-hydrogen) atoms. The van der Waals surface area contributed by atoms with Gasteiger partial charge in [-0.25, -0.2) is 0 Å². The third-order valence-electron chi connectivity index (χ3n) is 2.78. The maximum absolute atomic E-state index is 6.16. The Morgan fingerprint density at radius 2 is 1.95 bits per heavy atom. The Bertz CT molecular complexity index is 572. The van der Waals surface area contributed by atoms with Crippen LogP contribution >= 0.6 is 11.3 Å². The van der Waals surface area contributed by atoms with Gasteiger partial charge in [-0.2, -0.15) is 11.3 Å². The van der Waals surface area contributed by atoms with Crippen molar-refractivity contribution in [1.82, 2.24) is 0 Å². The number of nitrogens with zero attached hydrogens (tertiary/aromatic N) is 1. The van der Waals surface area contributed by atoms with Gasteiger partial charge in [0.2, 0.25) is 8.32 Å². The number of benzene rings is 1. The molecule has 0 bridgehead atoms. The highest BCUT2D eigenvalue weighted by Gasteiger charge is 2.19. The molecule has 0 aliphatic heterocycles. The predicted molar refractivity (Wildman–Crippen MR) is 90.7 cm³/mol. The topological polar surface area (TPSA) is 21.6 Å². The molecule has 0 spiro atoms. The van der Waals surface area contributed by atoms with Gasteiger partial charge < -0.3 is 4.43 Å². The van der Waals surface area contributed by atoms with Crippen molar-refractivity contribution in [3.8, 4) is 5.75 Å². The number of hydrogen-bond acceptors (Lipinski definition) is 3. The summed E-state index contributed by atoms with van der Waals surface area (Å²) in [6.07, 6.45) is 1.94. The van der Waals surface area contributed by atoms with Gasteiger partial charge >= 0.3 is 0 Å². The molecule has 1 atom stereocenters. The van der Waals surface area contributed by atoms with E-state index in [4.69, 9.17) is 4.43 Å². The highest BCUT2D eigenvalue weighted by Crippen LogP contribution is 2.29. The van der Waals surface area contributed by atoms with Crippen LogP contribution in [0.5, 0.6) is 5.75 Å². The van der Waals surface area contributed by atoms with E-state index >= 15 is 0 Å². The maximum atomic E-state index is 6.16. The first-order chi connectivity index (χ1) is 9.46. The number of aliphatic imine (C=N–C) groups is 1. The second-order valence-electron chi connectivity index (χ2n) is 5.76. The van der Waals surface area contributed by atoms with Crippen molar-refractivity contribution < 1.29 is 4.43 Å². The zero-order valence-electron chi connectivity index (χ0n) is 12.5. The van der Waals surface area contributed by atoms with Crippen LogP contribution in [0.2, 0.25) is 19.6 Å². The normalized spacial score (nSPS) is 13.6. The lowest BCUT2D eigenvalue weighted by Gasteiger charge is -2.22. The molecule has 0 aliphatic rings. The zero-order valence-corrected chi connectivity index (χ0v) is 14.3. The molecule has 0 aliphatic carbocycles. The van der Waals surface area contributed by atoms with E-state index in [1.165, 1.54) is 0 Å². The average Bonchev–Trinajstić information content (AvgIpc) is 2.88. The predicted octanol–water partition coefficient (Wildman–Crippen LogP) is 5.14. The molecule has 4 heteroatoms. The van der Waals surface area contributed by atoms with Gasteiger partial charge in [-0.05, 0) is 49.5 Å². The summed E-state index contributed by atoms with van der Waals surface area (Å²) in [5.74, 6) is 0.974. The third kappa shape index (κ3) is 4.32. The van der Waals surface area contributed by atoms with Crippen LogP contribution in [0.4, 0.5) is 0 Å². The molecule has 1 unspecified atom stereocenters. The van der Waals surface area contributed by atoms with Crippen molar-refractivity contribution in [2.75, 3.05) is 0 Å². The van der Waals surface area contributed by atoms with E-state index in [2.05, 4.69) is 54.5 Å². The molecular formula is C16H21NOSSi. The van der Waals surface area contributed by atoms with Crippen molar-refractivity contribution in [3.05, 3.63) is 52.2 Å². The molecule has 0 amide bonds. The summed E-state index contributed by atoms with van der Waals surface area (Å²) >= 11 is 1.69. The van der Waals surface area contributed by atoms with Gasteiger partial charge in [0.25, 0.3) is 0 Å². The fourth-order valence-corrected chi connectivity index (χ4v) is 3.33. The van der Waals surface area contributed by atoms with Crippen LogP contribution in [0.3, 0.4) is 0 Å². The monoisotopic (exact) mass is 303 g/mol. The lowest BCUT2D eigenvalue weighted by molar-refractivity contribution is 0.543. The SMILES string of the molecule is CC(N=Cc1ccsc1)c1ccccc1O[Si](C)(C)C. The highest BCUT2D eigenvalue weighted by atomic mass is 32.1. The quantitative estimate of drug-likeness (QED) is 0.553. The van der Waals surface area contributed by atoms with E-state index in [0.29, 0.717) is 0 Å². The maximum Gasteiger partial charge on any atom is 0.242 e. The summed E-state index contributed by atoms with van der Waals surface area (Å²) in [7, 11) is -1.60. The first-order valence-corrected chi connectivity index (χ1v) is 11.1. The first-order valence-electron chi connectivity index (χ1n) is 6.79. The Morgan fingerprint density at radius 1 is 1.20 bits per heavy atom. The van der Waals surface area contributed by atoms with Gasteiger partial charge in [0, 0.05) is 17.3 Å². The summed E-state index contributed by atoms with van der Waals surface area (Å²) in [5.41, 5.74) is 2.31. The second kappa shape index (κ2) is 6.37. The lowest BCUT2D eigenvalue weighted by Crippen LogP contribution is -2.29. The largest absolute Gasteiger partial charge is 0.544 e. The molecule has 0 saturated heterocycles. The van der Waals surface area contributed by atoms with Crippen LogP contribution in [0, 0.1) is 0 Å². The van der Waals surface area contributed by atoms with Gasteiger partial charge in [-0.1, -0.05) is 18.2 Å². The van der Waals surface area contributed by atoms with Crippen LogP contribution in [0.25, 0.3) is 0 Å². The summed E-state index contributed by atoms with van der Waals surface area (Å²) in [5, 5.41) is 4.16. The number of para-hydroxylation sites is 1. The molecule has 106 valence electrons. The Balaban J connectivity index is 2.19. The van der Waals surface area contributed by atoms with Crippen LogP contribution in [-0.4, -0.2) is 14.5 Å². The Morgan fingerprint density at radius 3 is 2.60 bits per heavy atom. The van der Waals surface area contributed by atoms with Gasteiger partial charge in [-0.15, -0.1) is 0 Å². The molecule has 1 heterocycles. The molecule has 1 aromatic heterocycles. The first kappa shape index (κ1) is 15.0. The zero-order chi connectivity index (χ0) is 14.6. The van der Waals surface area contributed by atoms with E-state index in [9.17, 15) is 0 Å². The highest BCUT2D eigenvalue weighted by molar-refractivity contribution is 7.08. The van der Waals surface area contributed by atoms with Crippen LogP contribution < -0.4 is 4.43 Å². The van der Waals surface area contributed by atoms with E-state index in [-0.39, 0.29) is 6.04 Å². The minimum absolute atomic E-state index is 0.0995.